The summed E-state index contributed by atoms with van der Waals surface area (Å²) in [5, 5.41) is 1.08. The molecule has 0 amide bonds. The molecule has 2 nitrogen and oxygen atoms in total. The number of halogens is 1. The fourth-order valence-electron chi connectivity index (χ4n) is 2.77. The van der Waals surface area contributed by atoms with E-state index in [1.54, 1.807) is 0 Å². The average Bonchev–Trinajstić information content (AvgIpc) is 2.97. The Labute approximate surface area is 118 Å². The van der Waals surface area contributed by atoms with Gasteiger partial charge in [-0.25, -0.2) is 0 Å². The van der Waals surface area contributed by atoms with Crippen molar-refractivity contribution < 1.29 is 4.74 Å². The van der Waals surface area contributed by atoms with Crippen molar-refractivity contribution in [2.75, 3.05) is 6.61 Å². The fourth-order valence-corrected chi connectivity index (χ4v) is 2.91. The van der Waals surface area contributed by atoms with Crippen molar-refractivity contribution in [2.24, 2.45) is 5.92 Å². The van der Waals surface area contributed by atoms with Gasteiger partial charge in [0.05, 0.1) is 23.7 Å². The number of hydrogen-bond donors (Lipinski definition) is 0. The van der Waals surface area contributed by atoms with E-state index >= 15 is 0 Å². The quantitative estimate of drug-likeness (QED) is 0.764. The highest BCUT2D eigenvalue weighted by Gasteiger charge is 2.16. The van der Waals surface area contributed by atoms with Crippen molar-refractivity contribution in [3.63, 3.8) is 0 Å². The predicted molar refractivity (Wildman–Crippen MR) is 78.8 cm³/mol. The second-order valence-electron chi connectivity index (χ2n) is 5.22. The lowest BCUT2D eigenvalue weighted by atomic mass is 10.1. The van der Waals surface area contributed by atoms with E-state index < -0.39 is 0 Å². The number of nitrogens with zero attached hydrogens (tertiary/aromatic N) is 1. The first-order valence-electron chi connectivity index (χ1n) is 6.94. The summed E-state index contributed by atoms with van der Waals surface area (Å²) in [7, 11) is 0. The SMILES string of the molecule is ClCc1cc(OCC2CCCC2)c2ccccc2n1. The molecule has 0 radical (unpaired) electrons. The van der Waals surface area contributed by atoms with Gasteiger partial charge < -0.3 is 4.74 Å². The Morgan fingerprint density at radius 2 is 2.00 bits per heavy atom. The van der Waals surface area contributed by atoms with E-state index in [2.05, 4.69) is 11.1 Å². The van der Waals surface area contributed by atoms with Crippen LogP contribution in [0.5, 0.6) is 5.75 Å². The summed E-state index contributed by atoms with van der Waals surface area (Å²) < 4.78 is 6.05. The van der Waals surface area contributed by atoms with Crippen LogP contribution in [0, 0.1) is 5.92 Å². The number of alkyl halides is 1. The van der Waals surface area contributed by atoms with Crippen LogP contribution in [0.2, 0.25) is 0 Å². The minimum Gasteiger partial charge on any atom is -0.493 e. The summed E-state index contributed by atoms with van der Waals surface area (Å²) in [5.74, 6) is 2.06. The maximum atomic E-state index is 6.05. The molecule has 3 rings (SSSR count). The van der Waals surface area contributed by atoms with E-state index in [9.17, 15) is 0 Å². The van der Waals surface area contributed by atoms with Crippen LogP contribution in [0.4, 0.5) is 0 Å². The molecule has 1 fully saturated rings. The van der Waals surface area contributed by atoms with Gasteiger partial charge in [0.15, 0.2) is 0 Å². The van der Waals surface area contributed by atoms with E-state index in [4.69, 9.17) is 16.3 Å². The fraction of sp³-hybridized carbons (Fsp3) is 0.438. The third-order valence-electron chi connectivity index (χ3n) is 3.82. The number of rotatable bonds is 4. The second kappa shape index (κ2) is 5.79. The standard InChI is InChI=1S/C16H18ClNO/c17-10-13-9-16(19-11-12-5-1-2-6-12)14-7-3-4-8-15(14)18-13/h3-4,7-9,12H,1-2,5-6,10-11H2. The van der Waals surface area contributed by atoms with Gasteiger partial charge in [-0.15, -0.1) is 11.6 Å². The first-order valence-corrected chi connectivity index (χ1v) is 7.47. The molecule has 100 valence electrons. The second-order valence-corrected chi connectivity index (χ2v) is 5.49. The van der Waals surface area contributed by atoms with Crippen molar-refractivity contribution in [3.8, 4) is 5.75 Å². The Balaban J connectivity index is 1.87. The van der Waals surface area contributed by atoms with E-state index in [0.717, 1.165) is 29.0 Å². The van der Waals surface area contributed by atoms with Crippen molar-refractivity contribution in [1.82, 2.24) is 4.98 Å². The minimum absolute atomic E-state index is 0.421. The van der Waals surface area contributed by atoms with Gasteiger partial charge in [0.2, 0.25) is 0 Å². The molecule has 1 aliphatic carbocycles. The van der Waals surface area contributed by atoms with Crippen molar-refractivity contribution in [3.05, 3.63) is 36.0 Å². The zero-order valence-corrected chi connectivity index (χ0v) is 11.7. The summed E-state index contributed by atoms with van der Waals surface area (Å²) in [5.41, 5.74) is 1.84. The molecule has 3 heteroatoms. The number of aromatic nitrogens is 1. The summed E-state index contributed by atoms with van der Waals surface area (Å²) in [4.78, 5) is 4.52. The summed E-state index contributed by atoms with van der Waals surface area (Å²) in [6.45, 7) is 0.815. The topological polar surface area (TPSA) is 22.1 Å². The van der Waals surface area contributed by atoms with Crippen LogP contribution in [-0.4, -0.2) is 11.6 Å². The monoisotopic (exact) mass is 275 g/mol. The van der Waals surface area contributed by atoms with Crippen LogP contribution in [-0.2, 0) is 5.88 Å². The zero-order chi connectivity index (χ0) is 13.1. The number of hydrogen-bond acceptors (Lipinski definition) is 2. The molecule has 0 bridgehead atoms. The third kappa shape index (κ3) is 2.84. The Kier molecular flexibility index (Phi) is 3.88. The molecular weight excluding hydrogens is 258 g/mol. The van der Waals surface area contributed by atoms with Gasteiger partial charge >= 0.3 is 0 Å². The maximum Gasteiger partial charge on any atom is 0.130 e. The first kappa shape index (κ1) is 12.7. The molecule has 1 aromatic heterocycles. The van der Waals surface area contributed by atoms with E-state index in [1.165, 1.54) is 25.7 Å². The molecule has 1 heterocycles. The Morgan fingerprint density at radius 1 is 1.21 bits per heavy atom. The lowest BCUT2D eigenvalue weighted by Crippen LogP contribution is -2.08. The smallest absolute Gasteiger partial charge is 0.130 e. The molecule has 0 spiro atoms. The molecule has 1 saturated carbocycles. The lowest BCUT2D eigenvalue weighted by Gasteiger charge is -2.14. The van der Waals surface area contributed by atoms with Gasteiger partial charge in [-0.1, -0.05) is 25.0 Å². The van der Waals surface area contributed by atoms with Crippen LogP contribution < -0.4 is 4.74 Å². The Hall–Kier alpha value is -1.28. The maximum absolute atomic E-state index is 6.05. The van der Waals surface area contributed by atoms with Crippen LogP contribution >= 0.6 is 11.6 Å². The molecule has 1 aromatic carbocycles. The van der Waals surface area contributed by atoms with Gasteiger partial charge in [0, 0.05) is 11.5 Å². The first-order chi connectivity index (χ1) is 9.36. The molecular formula is C16H18ClNO. The van der Waals surface area contributed by atoms with Crippen LogP contribution in [0.25, 0.3) is 10.9 Å². The number of para-hydroxylation sites is 1. The van der Waals surface area contributed by atoms with Crippen LogP contribution in [0.3, 0.4) is 0 Å². The third-order valence-corrected chi connectivity index (χ3v) is 4.09. The zero-order valence-electron chi connectivity index (χ0n) is 10.9. The van der Waals surface area contributed by atoms with Gasteiger partial charge in [-0.2, -0.15) is 0 Å². The molecule has 0 atom stereocenters. The summed E-state index contributed by atoms with van der Waals surface area (Å²) in [6, 6.07) is 10.1. The van der Waals surface area contributed by atoms with Crippen molar-refractivity contribution in [1.29, 1.82) is 0 Å². The molecule has 0 unspecified atom stereocenters. The van der Waals surface area contributed by atoms with E-state index in [1.807, 2.05) is 24.3 Å². The molecule has 0 aliphatic heterocycles. The molecule has 0 N–H and O–H groups in total. The van der Waals surface area contributed by atoms with Gasteiger partial charge in [-0.05, 0) is 30.9 Å². The predicted octanol–water partition coefficient (Wildman–Crippen LogP) is 4.54. The van der Waals surface area contributed by atoms with Gasteiger partial charge in [-0.3, -0.25) is 4.98 Å². The Morgan fingerprint density at radius 3 is 2.79 bits per heavy atom. The van der Waals surface area contributed by atoms with Crippen molar-refractivity contribution >= 4 is 22.5 Å². The highest BCUT2D eigenvalue weighted by atomic mass is 35.5. The normalized spacial score (nSPS) is 16.1. The summed E-state index contributed by atoms with van der Waals surface area (Å²) >= 11 is 5.91. The van der Waals surface area contributed by atoms with Gasteiger partial charge in [0.25, 0.3) is 0 Å². The highest BCUT2D eigenvalue weighted by molar-refractivity contribution is 6.17. The molecule has 1 aliphatic rings. The average molecular weight is 276 g/mol. The minimum atomic E-state index is 0.421. The lowest BCUT2D eigenvalue weighted by molar-refractivity contribution is 0.254. The number of pyridine rings is 1. The van der Waals surface area contributed by atoms with E-state index in [0.29, 0.717) is 11.8 Å². The Bertz CT molecular complexity index is 564. The van der Waals surface area contributed by atoms with Crippen molar-refractivity contribution in [2.45, 2.75) is 31.6 Å². The number of ether oxygens (including phenoxy) is 1. The molecule has 0 saturated heterocycles. The summed E-state index contributed by atoms with van der Waals surface area (Å²) in [6.07, 6.45) is 5.28. The molecule has 19 heavy (non-hydrogen) atoms. The highest BCUT2D eigenvalue weighted by Crippen LogP contribution is 2.29. The number of benzene rings is 1. The van der Waals surface area contributed by atoms with Gasteiger partial charge in [0.1, 0.15) is 5.75 Å². The van der Waals surface area contributed by atoms with Crippen LogP contribution in [0.15, 0.2) is 30.3 Å². The molecule has 2 aromatic rings. The van der Waals surface area contributed by atoms with E-state index in [-0.39, 0.29) is 0 Å². The number of fused-ring (bicyclic) bond motifs is 1. The van der Waals surface area contributed by atoms with Crippen LogP contribution in [0.1, 0.15) is 31.4 Å². The largest absolute Gasteiger partial charge is 0.493 e.